The van der Waals surface area contributed by atoms with Gasteiger partial charge in [0.05, 0.1) is 17.9 Å². The molecule has 6 heteroatoms. The van der Waals surface area contributed by atoms with Crippen molar-refractivity contribution >= 4 is 11.6 Å². The molecule has 0 aliphatic carbocycles. The Labute approximate surface area is 148 Å². The number of nitrogens with zero attached hydrogens (tertiary/aromatic N) is 2. The van der Waals surface area contributed by atoms with E-state index in [2.05, 4.69) is 10.4 Å². The lowest BCUT2D eigenvalue weighted by Gasteiger charge is -2.22. The van der Waals surface area contributed by atoms with E-state index in [4.69, 9.17) is 9.47 Å². The first-order valence-corrected chi connectivity index (χ1v) is 8.82. The summed E-state index contributed by atoms with van der Waals surface area (Å²) >= 11 is 0. The lowest BCUT2D eigenvalue weighted by atomic mass is 10.1. The zero-order valence-electron chi connectivity index (χ0n) is 14.8. The van der Waals surface area contributed by atoms with Crippen molar-refractivity contribution in [2.45, 2.75) is 45.3 Å². The van der Waals surface area contributed by atoms with Crippen LogP contribution in [0, 0.1) is 0 Å². The van der Waals surface area contributed by atoms with Crippen LogP contribution in [0.1, 0.15) is 49.5 Å². The standard InChI is InChI=1S/C19H25N3O3/c1-14(2)22-12-15(11-20-22)19(23)21-16-6-8-17(9-7-16)25-13-18-5-3-4-10-24-18/h6-9,11-12,14,18H,3-5,10,13H2,1-2H3,(H,21,23). The Morgan fingerprint density at radius 3 is 2.80 bits per heavy atom. The fourth-order valence-electron chi connectivity index (χ4n) is 2.70. The highest BCUT2D eigenvalue weighted by molar-refractivity contribution is 6.03. The molecule has 1 unspecified atom stereocenters. The molecule has 1 aliphatic heterocycles. The van der Waals surface area contributed by atoms with Crippen LogP contribution in [0.15, 0.2) is 36.7 Å². The molecule has 1 N–H and O–H groups in total. The molecule has 1 amide bonds. The van der Waals surface area contributed by atoms with E-state index >= 15 is 0 Å². The quantitative estimate of drug-likeness (QED) is 0.869. The van der Waals surface area contributed by atoms with E-state index in [0.29, 0.717) is 12.2 Å². The van der Waals surface area contributed by atoms with Crippen molar-refractivity contribution in [3.8, 4) is 5.75 Å². The van der Waals surface area contributed by atoms with E-state index in [1.165, 1.54) is 6.42 Å². The topological polar surface area (TPSA) is 65.4 Å². The maximum atomic E-state index is 12.3. The third kappa shape index (κ3) is 4.82. The van der Waals surface area contributed by atoms with Gasteiger partial charge in [0.25, 0.3) is 5.91 Å². The van der Waals surface area contributed by atoms with E-state index < -0.39 is 0 Å². The fourth-order valence-corrected chi connectivity index (χ4v) is 2.70. The zero-order chi connectivity index (χ0) is 17.6. The van der Waals surface area contributed by atoms with Gasteiger partial charge in [-0.3, -0.25) is 9.48 Å². The minimum atomic E-state index is -0.170. The summed E-state index contributed by atoms with van der Waals surface area (Å²) in [7, 11) is 0. The summed E-state index contributed by atoms with van der Waals surface area (Å²) in [6.07, 6.45) is 6.91. The number of aromatic nitrogens is 2. The van der Waals surface area contributed by atoms with Crippen molar-refractivity contribution < 1.29 is 14.3 Å². The van der Waals surface area contributed by atoms with Gasteiger partial charge in [-0.15, -0.1) is 0 Å². The maximum absolute atomic E-state index is 12.3. The Balaban J connectivity index is 1.51. The minimum absolute atomic E-state index is 0.170. The van der Waals surface area contributed by atoms with Crippen LogP contribution in [0.4, 0.5) is 5.69 Å². The molecule has 0 bridgehead atoms. The summed E-state index contributed by atoms with van der Waals surface area (Å²) in [5, 5.41) is 7.06. The van der Waals surface area contributed by atoms with Gasteiger partial charge in [0.2, 0.25) is 0 Å². The summed E-state index contributed by atoms with van der Waals surface area (Å²) in [6.45, 7) is 5.43. The number of carbonyl (C=O) groups is 1. The first-order valence-electron chi connectivity index (χ1n) is 8.82. The largest absolute Gasteiger partial charge is 0.491 e. The number of nitrogens with one attached hydrogen (secondary N) is 1. The fraction of sp³-hybridized carbons (Fsp3) is 0.474. The minimum Gasteiger partial charge on any atom is -0.491 e. The molecule has 1 aromatic carbocycles. The highest BCUT2D eigenvalue weighted by atomic mass is 16.5. The van der Waals surface area contributed by atoms with Crippen LogP contribution in [0.3, 0.4) is 0 Å². The Morgan fingerprint density at radius 1 is 1.36 bits per heavy atom. The van der Waals surface area contributed by atoms with Crippen molar-refractivity contribution in [3.63, 3.8) is 0 Å². The van der Waals surface area contributed by atoms with Gasteiger partial charge >= 0.3 is 0 Å². The van der Waals surface area contributed by atoms with E-state index in [9.17, 15) is 4.79 Å². The van der Waals surface area contributed by atoms with E-state index in [1.54, 1.807) is 17.1 Å². The predicted molar refractivity (Wildman–Crippen MR) is 96.1 cm³/mol. The second kappa shape index (κ2) is 8.16. The van der Waals surface area contributed by atoms with Crippen molar-refractivity contribution in [3.05, 3.63) is 42.2 Å². The lowest BCUT2D eigenvalue weighted by Crippen LogP contribution is -2.25. The average Bonchev–Trinajstić information content (AvgIpc) is 3.13. The summed E-state index contributed by atoms with van der Waals surface area (Å²) in [5.74, 6) is 0.607. The molecule has 1 fully saturated rings. The SMILES string of the molecule is CC(C)n1cc(C(=O)Nc2ccc(OCC3CCCCO3)cc2)cn1. The van der Waals surface area contributed by atoms with Gasteiger partial charge in [-0.1, -0.05) is 0 Å². The molecule has 0 saturated carbocycles. The van der Waals surface area contributed by atoms with Gasteiger partial charge in [0.1, 0.15) is 12.4 Å². The zero-order valence-corrected chi connectivity index (χ0v) is 14.8. The van der Waals surface area contributed by atoms with Gasteiger partial charge in [-0.25, -0.2) is 0 Å². The van der Waals surface area contributed by atoms with E-state index in [0.717, 1.165) is 30.9 Å². The molecule has 134 valence electrons. The Hall–Kier alpha value is -2.34. The smallest absolute Gasteiger partial charge is 0.258 e. The van der Waals surface area contributed by atoms with Crippen LogP contribution >= 0.6 is 0 Å². The Kier molecular flexibility index (Phi) is 5.71. The molecule has 1 aromatic heterocycles. The number of benzene rings is 1. The van der Waals surface area contributed by atoms with Gasteiger partial charge in [-0.2, -0.15) is 5.10 Å². The molecular formula is C19H25N3O3. The molecule has 1 aliphatic rings. The second-order valence-corrected chi connectivity index (χ2v) is 6.58. The van der Waals surface area contributed by atoms with Gasteiger partial charge in [-0.05, 0) is 57.4 Å². The lowest BCUT2D eigenvalue weighted by molar-refractivity contribution is -0.0110. The highest BCUT2D eigenvalue weighted by Gasteiger charge is 2.14. The van der Waals surface area contributed by atoms with Crippen molar-refractivity contribution in [2.75, 3.05) is 18.5 Å². The number of anilines is 1. The number of rotatable bonds is 6. The van der Waals surface area contributed by atoms with Crippen LogP contribution in [-0.2, 0) is 4.74 Å². The predicted octanol–water partition coefficient (Wildman–Crippen LogP) is 3.66. The third-order valence-electron chi connectivity index (χ3n) is 4.21. The molecule has 0 spiro atoms. The molecule has 2 heterocycles. The van der Waals surface area contributed by atoms with Crippen molar-refractivity contribution in [1.29, 1.82) is 0 Å². The molecule has 25 heavy (non-hydrogen) atoms. The first kappa shape index (κ1) is 17.5. The van der Waals surface area contributed by atoms with E-state index in [-0.39, 0.29) is 18.1 Å². The normalized spacial score (nSPS) is 17.5. The average molecular weight is 343 g/mol. The summed E-state index contributed by atoms with van der Waals surface area (Å²) in [4.78, 5) is 12.3. The van der Waals surface area contributed by atoms with Crippen LogP contribution in [0.2, 0.25) is 0 Å². The summed E-state index contributed by atoms with van der Waals surface area (Å²) < 4.78 is 13.2. The van der Waals surface area contributed by atoms with Crippen LogP contribution < -0.4 is 10.1 Å². The Morgan fingerprint density at radius 2 is 2.16 bits per heavy atom. The molecule has 0 radical (unpaired) electrons. The number of hydrogen-bond donors (Lipinski definition) is 1. The molecule has 1 saturated heterocycles. The summed E-state index contributed by atoms with van der Waals surface area (Å²) in [5.41, 5.74) is 1.27. The third-order valence-corrected chi connectivity index (χ3v) is 4.21. The molecule has 1 atom stereocenters. The molecule has 3 rings (SSSR count). The maximum Gasteiger partial charge on any atom is 0.258 e. The van der Waals surface area contributed by atoms with Crippen molar-refractivity contribution in [1.82, 2.24) is 9.78 Å². The molecule has 2 aromatic rings. The first-order chi connectivity index (χ1) is 12.1. The van der Waals surface area contributed by atoms with E-state index in [1.807, 2.05) is 38.1 Å². The molecular weight excluding hydrogens is 318 g/mol. The van der Waals surface area contributed by atoms with Gasteiger partial charge in [0, 0.05) is 24.5 Å². The number of carbonyl (C=O) groups excluding carboxylic acids is 1. The van der Waals surface area contributed by atoms with Crippen LogP contribution in [-0.4, -0.2) is 35.0 Å². The number of hydrogen-bond acceptors (Lipinski definition) is 4. The van der Waals surface area contributed by atoms with Gasteiger partial charge < -0.3 is 14.8 Å². The second-order valence-electron chi connectivity index (χ2n) is 6.58. The Bertz CT molecular complexity index is 688. The van der Waals surface area contributed by atoms with Crippen LogP contribution in [0.25, 0.3) is 0 Å². The summed E-state index contributed by atoms with van der Waals surface area (Å²) in [6, 6.07) is 7.61. The van der Waals surface area contributed by atoms with Crippen LogP contribution in [0.5, 0.6) is 5.75 Å². The highest BCUT2D eigenvalue weighted by Crippen LogP contribution is 2.19. The van der Waals surface area contributed by atoms with Crippen molar-refractivity contribution in [2.24, 2.45) is 0 Å². The molecule has 6 nitrogen and oxygen atoms in total. The number of amides is 1. The monoisotopic (exact) mass is 343 g/mol. The van der Waals surface area contributed by atoms with Gasteiger partial charge in [0.15, 0.2) is 0 Å². The number of ether oxygens (including phenoxy) is 2.